The summed E-state index contributed by atoms with van der Waals surface area (Å²) >= 11 is 0.875. The van der Waals surface area contributed by atoms with E-state index in [9.17, 15) is 13.6 Å². The molecule has 4 nitrogen and oxygen atoms in total. The molecule has 2 aromatic heterocycles. The average Bonchev–Trinajstić information content (AvgIpc) is 2.87. The molecule has 3 aromatic rings. The molecule has 3 rings (SSSR count). The summed E-state index contributed by atoms with van der Waals surface area (Å²) in [6.45, 7) is 0. The zero-order valence-electron chi connectivity index (χ0n) is 9.93. The Balaban J connectivity index is 1.92. The number of benzene rings is 1. The number of aromatic nitrogens is 2. The Morgan fingerprint density at radius 1 is 1.20 bits per heavy atom. The third kappa shape index (κ3) is 2.23. The lowest BCUT2D eigenvalue weighted by molar-refractivity contribution is 0.102. The number of amides is 1. The van der Waals surface area contributed by atoms with Crippen molar-refractivity contribution in [2.45, 2.75) is 0 Å². The highest BCUT2D eigenvalue weighted by molar-refractivity contribution is 7.22. The van der Waals surface area contributed by atoms with Gasteiger partial charge in [0.25, 0.3) is 5.91 Å². The number of anilines is 1. The van der Waals surface area contributed by atoms with Crippen LogP contribution in [0.2, 0.25) is 0 Å². The highest BCUT2D eigenvalue weighted by atomic mass is 32.1. The largest absolute Gasteiger partial charge is 0.296 e. The summed E-state index contributed by atoms with van der Waals surface area (Å²) in [5, 5.41) is 2.71. The van der Waals surface area contributed by atoms with Crippen molar-refractivity contribution >= 4 is 32.6 Å². The van der Waals surface area contributed by atoms with Crippen molar-refractivity contribution in [3.63, 3.8) is 0 Å². The molecule has 0 saturated carbocycles. The fourth-order valence-electron chi connectivity index (χ4n) is 1.65. The van der Waals surface area contributed by atoms with Crippen molar-refractivity contribution in [1.82, 2.24) is 9.97 Å². The van der Waals surface area contributed by atoms with Gasteiger partial charge in [0.2, 0.25) is 0 Å². The van der Waals surface area contributed by atoms with Crippen LogP contribution in [0.4, 0.5) is 13.9 Å². The van der Waals surface area contributed by atoms with E-state index in [1.807, 2.05) is 0 Å². The number of thiazole rings is 1. The minimum atomic E-state index is -0.960. The number of nitrogens with one attached hydrogen (secondary N) is 1. The predicted octanol–water partition coefficient (Wildman–Crippen LogP) is 3.22. The van der Waals surface area contributed by atoms with Gasteiger partial charge in [0, 0.05) is 6.20 Å². The minimum Gasteiger partial charge on any atom is -0.296 e. The van der Waals surface area contributed by atoms with Crippen molar-refractivity contribution in [1.29, 1.82) is 0 Å². The van der Waals surface area contributed by atoms with Crippen molar-refractivity contribution in [2.75, 3.05) is 5.32 Å². The molecular weight excluding hydrogens is 284 g/mol. The van der Waals surface area contributed by atoms with Crippen molar-refractivity contribution < 1.29 is 13.6 Å². The van der Waals surface area contributed by atoms with Crippen LogP contribution in [0.5, 0.6) is 0 Å². The average molecular weight is 291 g/mol. The van der Waals surface area contributed by atoms with Crippen LogP contribution in [0.1, 0.15) is 10.5 Å². The molecule has 7 heteroatoms. The summed E-state index contributed by atoms with van der Waals surface area (Å²) in [4.78, 5) is 19.8. The number of pyridine rings is 1. The first-order chi connectivity index (χ1) is 9.65. The SMILES string of the molecule is O=C(Nc1nc2ccc(F)c(F)c2s1)c1ccccn1. The standard InChI is InChI=1S/C13H7F2N3OS/c14-7-4-5-8-11(10(7)15)20-13(17-8)18-12(19)9-3-1-2-6-16-9/h1-6H,(H,17,18,19). The number of nitrogens with zero attached hydrogens (tertiary/aromatic N) is 2. The predicted molar refractivity (Wildman–Crippen MR) is 71.7 cm³/mol. The Morgan fingerprint density at radius 2 is 2.05 bits per heavy atom. The Bertz CT molecular complexity index is 789. The third-order valence-electron chi connectivity index (χ3n) is 2.57. The zero-order valence-corrected chi connectivity index (χ0v) is 10.7. The molecule has 0 fully saturated rings. The van der Waals surface area contributed by atoms with E-state index in [4.69, 9.17) is 0 Å². The van der Waals surface area contributed by atoms with E-state index in [1.165, 1.54) is 12.3 Å². The second-order valence-electron chi connectivity index (χ2n) is 3.90. The molecule has 0 bridgehead atoms. The lowest BCUT2D eigenvalue weighted by Gasteiger charge is -1.99. The topological polar surface area (TPSA) is 54.9 Å². The van der Waals surface area contributed by atoms with E-state index in [0.717, 1.165) is 17.4 Å². The van der Waals surface area contributed by atoms with Gasteiger partial charge >= 0.3 is 0 Å². The molecular formula is C13H7F2N3OS. The van der Waals surface area contributed by atoms with Crippen LogP contribution in [-0.2, 0) is 0 Å². The van der Waals surface area contributed by atoms with Crippen LogP contribution < -0.4 is 5.32 Å². The van der Waals surface area contributed by atoms with E-state index >= 15 is 0 Å². The smallest absolute Gasteiger partial charge is 0.276 e. The highest BCUT2D eigenvalue weighted by Crippen LogP contribution is 2.29. The van der Waals surface area contributed by atoms with E-state index in [2.05, 4.69) is 15.3 Å². The molecule has 1 aromatic carbocycles. The first kappa shape index (κ1) is 12.6. The molecule has 0 spiro atoms. The van der Waals surface area contributed by atoms with Gasteiger partial charge in [0.05, 0.1) is 10.2 Å². The molecule has 2 heterocycles. The molecule has 0 aliphatic carbocycles. The summed E-state index contributed by atoms with van der Waals surface area (Å²) < 4.78 is 26.7. The molecule has 0 unspecified atom stereocenters. The van der Waals surface area contributed by atoms with Gasteiger partial charge in [-0.2, -0.15) is 0 Å². The van der Waals surface area contributed by atoms with Crippen molar-refractivity contribution in [3.05, 3.63) is 53.9 Å². The number of hydrogen-bond acceptors (Lipinski definition) is 4. The highest BCUT2D eigenvalue weighted by Gasteiger charge is 2.14. The molecule has 1 N–H and O–H groups in total. The molecule has 1 amide bonds. The van der Waals surface area contributed by atoms with Crippen LogP contribution in [0.15, 0.2) is 36.5 Å². The normalized spacial score (nSPS) is 10.7. The van der Waals surface area contributed by atoms with E-state index in [0.29, 0.717) is 5.52 Å². The Labute approximate surface area is 116 Å². The van der Waals surface area contributed by atoms with Gasteiger partial charge in [0.1, 0.15) is 5.69 Å². The van der Waals surface area contributed by atoms with Crippen molar-refractivity contribution in [2.24, 2.45) is 0 Å². The second kappa shape index (κ2) is 4.93. The summed E-state index contributed by atoms with van der Waals surface area (Å²) in [5.74, 6) is -2.35. The van der Waals surface area contributed by atoms with Gasteiger partial charge in [-0.05, 0) is 24.3 Å². The summed E-state index contributed by atoms with van der Waals surface area (Å²) in [6, 6.07) is 7.27. The minimum absolute atomic E-state index is 0.0707. The molecule has 0 radical (unpaired) electrons. The first-order valence-electron chi connectivity index (χ1n) is 5.62. The molecule has 100 valence electrons. The number of rotatable bonds is 2. The summed E-state index contributed by atoms with van der Waals surface area (Å²) in [7, 11) is 0. The van der Waals surface area contributed by atoms with Crippen molar-refractivity contribution in [3.8, 4) is 0 Å². The van der Waals surface area contributed by atoms with Crippen LogP contribution in [-0.4, -0.2) is 15.9 Å². The molecule has 20 heavy (non-hydrogen) atoms. The van der Waals surface area contributed by atoms with E-state index < -0.39 is 17.5 Å². The quantitative estimate of drug-likeness (QED) is 0.788. The van der Waals surface area contributed by atoms with Gasteiger partial charge in [-0.15, -0.1) is 0 Å². The second-order valence-corrected chi connectivity index (χ2v) is 4.90. The maximum absolute atomic E-state index is 13.5. The number of fused-ring (bicyclic) bond motifs is 1. The third-order valence-corrected chi connectivity index (χ3v) is 3.55. The molecule has 0 saturated heterocycles. The fourth-order valence-corrected chi connectivity index (χ4v) is 2.53. The van der Waals surface area contributed by atoms with Crippen LogP contribution >= 0.6 is 11.3 Å². The Morgan fingerprint density at radius 3 is 2.80 bits per heavy atom. The van der Waals surface area contributed by atoms with Gasteiger partial charge < -0.3 is 0 Å². The van der Waals surface area contributed by atoms with Gasteiger partial charge in [0.15, 0.2) is 16.8 Å². The maximum atomic E-state index is 13.5. The number of halogens is 2. The number of hydrogen-bond donors (Lipinski definition) is 1. The van der Waals surface area contributed by atoms with Gasteiger partial charge in [-0.25, -0.2) is 13.8 Å². The van der Waals surface area contributed by atoms with Gasteiger partial charge in [-0.1, -0.05) is 17.4 Å². The van der Waals surface area contributed by atoms with Crippen LogP contribution in [0.25, 0.3) is 10.2 Å². The van der Waals surface area contributed by atoms with Crippen LogP contribution in [0.3, 0.4) is 0 Å². The van der Waals surface area contributed by atoms with Crippen LogP contribution in [0, 0.1) is 11.6 Å². The zero-order chi connectivity index (χ0) is 14.1. The first-order valence-corrected chi connectivity index (χ1v) is 6.44. The monoisotopic (exact) mass is 291 g/mol. The summed E-state index contributed by atoms with van der Waals surface area (Å²) in [5.41, 5.74) is 0.517. The summed E-state index contributed by atoms with van der Waals surface area (Å²) in [6.07, 6.45) is 1.49. The fraction of sp³-hybridized carbons (Fsp3) is 0. The lowest BCUT2D eigenvalue weighted by atomic mass is 10.3. The maximum Gasteiger partial charge on any atom is 0.276 e. The lowest BCUT2D eigenvalue weighted by Crippen LogP contribution is -2.12. The number of carbonyl (C=O) groups is 1. The van der Waals surface area contributed by atoms with E-state index in [-0.39, 0.29) is 15.5 Å². The molecule has 0 aliphatic heterocycles. The molecule has 0 atom stereocenters. The Kier molecular flexibility index (Phi) is 3.11. The Hall–Kier alpha value is -2.41. The van der Waals surface area contributed by atoms with E-state index in [1.54, 1.807) is 18.2 Å². The number of carbonyl (C=O) groups excluding carboxylic acids is 1. The van der Waals surface area contributed by atoms with Gasteiger partial charge in [-0.3, -0.25) is 15.1 Å². The molecule has 0 aliphatic rings.